The van der Waals surface area contributed by atoms with E-state index in [9.17, 15) is 10.2 Å². The molecule has 2 nitrogen and oxygen atoms in total. The number of hydrogen-bond donors (Lipinski definition) is 2. The van der Waals surface area contributed by atoms with Gasteiger partial charge in [0.1, 0.15) is 11.5 Å². The van der Waals surface area contributed by atoms with Gasteiger partial charge in [-0.1, -0.05) is 105 Å². The molecule has 0 saturated heterocycles. The zero-order valence-corrected chi connectivity index (χ0v) is 24.0. The SMILES string of the molecule is C=CCc1cccc(C(C)(c2ccc(C(C)(C)c3ccc(O)c(CC=C)c3)cc2)c2ccc(O)c(CC=C)c2)c1. The fourth-order valence-corrected chi connectivity index (χ4v) is 5.57. The number of hydrogen-bond acceptors (Lipinski definition) is 2. The summed E-state index contributed by atoms with van der Waals surface area (Å²) in [5.74, 6) is 0.585. The summed E-state index contributed by atoms with van der Waals surface area (Å²) in [6, 6.07) is 29.4. The first-order valence-electron chi connectivity index (χ1n) is 13.8. The molecule has 1 unspecified atom stereocenters. The van der Waals surface area contributed by atoms with E-state index in [2.05, 4.69) is 101 Å². The Bertz CT molecular complexity index is 1520. The van der Waals surface area contributed by atoms with Gasteiger partial charge in [-0.25, -0.2) is 0 Å². The molecular formula is C38H40O2. The zero-order chi connectivity index (χ0) is 28.9. The second kappa shape index (κ2) is 11.8. The number of benzene rings is 4. The van der Waals surface area contributed by atoms with Crippen molar-refractivity contribution < 1.29 is 10.2 Å². The highest BCUT2D eigenvalue weighted by molar-refractivity contribution is 5.54. The normalized spacial score (nSPS) is 12.9. The minimum atomic E-state index is -0.459. The van der Waals surface area contributed by atoms with Gasteiger partial charge in [0.2, 0.25) is 0 Å². The van der Waals surface area contributed by atoms with Crippen molar-refractivity contribution in [2.75, 3.05) is 0 Å². The van der Waals surface area contributed by atoms with Crippen LogP contribution < -0.4 is 0 Å². The van der Waals surface area contributed by atoms with Crippen LogP contribution in [0.3, 0.4) is 0 Å². The predicted molar refractivity (Wildman–Crippen MR) is 168 cm³/mol. The predicted octanol–water partition coefficient (Wildman–Crippen LogP) is 8.96. The third kappa shape index (κ3) is 5.53. The summed E-state index contributed by atoms with van der Waals surface area (Å²) in [7, 11) is 0. The van der Waals surface area contributed by atoms with Crippen LogP contribution in [-0.4, -0.2) is 10.2 Å². The molecule has 4 rings (SSSR count). The van der Waals surface area contributed by atoms with E-state index in [1.165, 1.54) is 16.7 Å². The summed E-state index contributed by atoms with van der Waals surface area (Å²) in [6.07, 6.45) is 7.59. The lowest BCUT2D eigenvalue weighted by molar-refractivity contribution is 0.468. The Morgan fingerprint density at radius 2 is 1.02 bits per heavy atom. The van der Waals surface area contributed by atoms with Crippen molar-refractivity contribution in [2.24, 2.45) is 0 Å². The summed E-state index contributed by atoms with van der Waals surface area (Å²) in [4.78, 5) is 0. The molecular weight excluding hydrogens is 488 g/mol. The molecule has 0 spiro atoms. The van der Waals surface area contributed by atoms with Crippen LogP contribution in [0, 0.1) is 0 Å². The minimum Gasteiger partial charge on any atom is -0.508 e. The Morgan fingerprint density at radius 1 is 0.550 bits per heavy atom. The molecule has 0 bridgehead atoms. The van der Waals surface area contributed by atoms with E-state index in [-0.39, 0.29) is 11.2 Å². The summed E-state index contributed by atoms with van der Waals surface area (Å²) in [6.45, 7) is 18.3. The van der Waals surface area contributed by atoms with Crippen molar-refractivity contribution in [1.29, 1.82) is 0 Å². The van der Waals surface area contributed by atoms with Gasteiger partial charge in [0.25, 0.3) is 0 Å². The van der Waals surface area contributed by atoms with Gasteiger partial charge in [-0.3, -0.25) is 0 Å². The Hall–Kier alpha value is -4.30. The molecule has 2 N–H and O–H groups in total. The number of rotatable bonds is 11. The Morgan fingerprint density at radius 3 is 1.60 bits per heavy atom. The molecule has 40 heavy (non-hydrogen) atoms. The molecule has 0 amide bonds. The van der Waals surface area contributed by atoms with Crippen molar-refractivity contribution >= 4 is 0 Å². The first-order valence-corrected chi connectivity index (χ1v) is 13.8. The number of phenols is 2. The van der Waals surface area contributed by atoms with Gasteiger partial charge in [-0.2, -0.15) is 0 Å². The summed E-state index contributed by atoms with van der Waals surface area (Å²) in [5.41, 5.74) is 8.01. The second-order valence-corrected chi connectivity index (χ2v) is 11.2. The topological polar surface area (TPSA) is 40.5 Å². The van der Waals surface area contributed by atoms with Crippen LogP contribution >= 0.6 is 0 Å². The molecule has 4 aromatic carbocycles. The van der Waals surface area contributed by atoms with Gasteiger partial charge in [0.15, 0.2) is 0 Å². The Labute approximate surface area is 239 Å². The molecule has 2 heteroatoms. The minimum absolute atomic E-state index is 0.266. The highest BCUT2D eigenvalue weighted by Gasteiger charge is 2.33. The van der Waals surface area contributed by atoms with Gasteiger partial charge in [-0.15, -0.1) is 19.7 Å². The van der Waals surface area contributed by atoms with Crippen LogP contribution in [-0.2, 0) is 30.1 Å². The zero-order valence-electron chi connectivity index (χ0n) is 24.0. The van der Waals surface area contributed by atoms with E-state index < -0.39 is 5.41 Å². The maximum absolute atomic E-state index is 10.5. The lowest BCUT2D eigenvalue weighted by atomic mass is 9.69. The molecule has 0 aliphatic heterocycles. The van der Waals surface area contributed by atoms with Gasteiger partial charge in [0, 0.05) is 10.8 Å². The second-order valence-electron chi connectivity index (χ2n) is 11.2. The van der Waals surface area contributed by atoms with Crippen molar-refractivity contribution in [3.8, 4) is 11.5 Å². The average Bonchev–Trinajstić information content (AvgIpc) is 2.95. The lowest BCUT2D eigenvalue weighted by Gasteiger charge is -2.34. The highest BCUT2D eigenvalue weighted by Crippen LogP contribution is 2.42. The van der Waals surface area contributed by atoms with Crippen LogP contribution in [0.1, 0.15) is 65.3 Å². The number of phenolic OH excluding ortho intramolecular Hbond substituents is 2. The van der Waals surface area contributed by atoms with Crippen LogP contribution in [0.15, 0.2) is 123 Å². The van der Waals surface area contributed by atoms with Crippen LogP contribution in [0.5, 0.6) is 11.5 Å². The quantitative estimate of drug-likeness (QED) is 0.151. The first-order chi connectivity index (χ1) is 19.1. The van der Waals surface area contributed by atoms with E-state index >= 15 is 0 Å². The molecule has 0 aliphatic carbocycles. The summed E-state index contributed by atoms with van der Waals surface area (Å²) in [5, 5.41) is 20.8. The van der Waals surface area contributed by atoms with E-state index in [4.69, 9.17) is 0 Å². The number of allylic oxidation sites excluding steroid dienone is 3. The molecule has 0 aliphatic rings. The monoisotopic (exact) mass is 528 g/mol. The summed E-state index contributed by atoms with van der Waals surface area (Å²) < 4.78 is 0. The molecule has 0 saturated carbocycles. The van der Waals surface area contributed by atoms with Crippen LogP contribution in [0.25, 0.3) is 0 Å². The van der Waals surface area contributed by atoms with Gasteiger partial charge < -0.3 is 10.2 Å². The third-order valence-electron chi connectivity index (χ3n) is 8.25. The van der Waals surface area contributed by atoms with Crippen molar-refractivity contribution in [3.63, 3.8) is 0 Å². The van der Waals surface area contributed by atoms with E-state index in [0.29, 0.717) is 18.6 Å². The van der Waals surface area contributed by atoms with E-state index in [0.717, 1.165) is 34.2 Å². The largest absolute Gasteiger partial charge is 0.508 e. The van der Waals surface area contributed by atoms with Crippen LogP contribution in [0.2, 0.25) is 0 Å². The lowest BCUT2D eigenvalue weighted by Crippen LogP contribution is -2.26. The molecule has 0 radical (unpaired) electrons. The van der Waals surface area contributed by atoms with Crippen molar-refractivity contribution in [3.05, 3.63) is 167 Å². The van der Waals surface area contributed by atoms with Gasteiger partial charge >= 0.3 is 0 Å². The first kappa shape index (κ1) is 28.7. The molecule has 204 valence electrons. The van der Waals surface area contributed by atoms with Crippen LogP contribution in [0.4, 0.5) is 0 Å². The Balaban J connectivity index is 1.84. The van der Waals surface area contributed by atoms with Gasteiger partial charge in [-0.05, 0) is 82.8 Å². The van der Waals surface area contributed by atoms with Crippen molar-refractivity contribution in [2.45, 2.75) is 50.9 Å². The maximum atomic E-state index is 10.5. The fraction of sp³-hybridized carbons (Fsp3) is 0.211. The molecule has 1 atom stereocenters. The summed E-state index contributed by atoms with van der Waals surface area (Å²) >= 11 is 0. The van der Waals surface area contributed by atoms with E-state index in [1.54, 1.807) is 12.1 Å². The van der Waals surface area contributed by atoms with E-state index in [1.807, 2.05) is 30.4 Å². The highest BCUT2D eigenvalue weighted by atomic mass is 16.3. The standard InChI is InChI=1S/C38H40O2/c1-7-11-27-14-10-15-33(24-27)38(6,34-21-23-36(40)29(26-34)13-9-3)31-18-16-30(17-19-31)37(4,5)32-20-22-35(39)28(25-32)12-8-2/h7-10,14-26,39-40H,1-3,11-13H2,4-6H3. The smallest absolute Gasteiger partial charge is 0.119 e. The maximum Gasteiger partial charge on any atom is 0.119 e. The van der Waals surface area contributed by atoms with Crippen molar-refractivity contribution in [1.82, 2.24) is 0 Å². The molecule has 4 aromatic rings. The third-order valence-corrected chi connectivity index (χ3v) is 8.25. The Kier molecular flexibility index (Phi) is 8.49. The molecule has 0 aromatic heterocycles. The van der Waals surface area contributed by atoms with Gasteiger partial charge in [0.05, 0.1) is 0 Å². The molecule has 0 fully saturated rings. The fourth-order valence-electron chi connectivity index (χ4n) is 5.57. The molecule has 0 heterocycles. The number of aromatic hydroxyl groups is 2. The average molecular weight is 529 g/mol.